The largest absolute Gasteiger partial charge is 0.457 e. The van der Waals surface area contributed by atoms with Gasteiger partial charge in [0.25, 0.3) is 0 Å². The topological polar surface area (TPSA) is 126 Å². The molecule has 0 saturated heterocycles. The van der Waals surface area contributed by atoms with Gasteiger partial charge in [-0.3, -0.25) is 9.59 Å². The van der Waals surface area contributed by atoms with Gasteiger partial charge in [0.05, 0.1) is 22.7 Å². The minimum atomic E-state index is -0.126. The molecule has 10 heteroatoms. The van der Waals surface area contributed by atoms with Crippen LogP contribution in [0.4, 0.5) is 34.1 Å². The summed E-state index contributed by atoms with van der Waals surface area (Å²) >= 11 is 0. The van der Waals surface area contributed by atoms with E-state index in [-0.39, 0.29) is 11.8 Å². The molecule has 2 amide bonds. The van der Waals surface area contributed by atoms with E-state index in [0.717, 1.165) is 0 Å². The van der Waals surface area contributed by atoms with Gasteiger partial charge in [-0.05, 0) is 121 Å². The van der Waals surface area contributed by atoms with Crippen LogP contribution in [0, 0.1) is 0 Å². The smallest absolute Gasteiger partial charge is 0.221 e. The third-order valence-corrected chi connectivity index (χ3v) is 5.91. The Bertz CT molecular complexity index is 1630. The van der Waals surface area contributed by atoms with E-state index < -0.39 is 0 Å². The van der Waals surface area contributed by atoms with Crippen molar-refractivity contribution in [2.45, 2.75) is 13.8 Å². The lowest BCUT2D eigenvalue weighted by Crippen LogP contribution is -2.04. The fourth-order valence-corrected chi connectivity index (χ4v) is 3.87. The molecule has 0 spiro atoms. The second-order valence-electron chi connectivity index (χ2n) is 9.52. The van der Waals surface area contributed by atoms with Gasteiger partial charge in [0.1, 0.15) is 23.0 Å². The number of carbonyl (C=O) groups is 2. The molecule has 5 aromatic carbocycles. The number of benzene rings is 5. The second kappa shape index (κ2) is 14.1. The molecule has 0 aromatic heterocycles. The lowest BCUT2D eigenvalue weighted by atomic mass is 10.3. The van der Waals surface area contributed by atoms with Crippen molar-refractivity contribution in [2.75, 3.05) is 10.6 Å². The van der Waals surface area contributed by atoms with Gasteiger partial charge in [0.15, 0.2) is 0 Å². The number of amides is 2. The zero-order chi connectivity index (χ0) is 30.7. The van der Waals surface area contributed by atoms with Crippen molar-refractivity contribution in [3.8, 4) is 23.0 Å². The number of nitrogens with one attached hydrogen (secondary N) is 2. The molecule has 44 heavy (non-hydrogen) atoms. The summed E-state index contributed by atoms with van der Waals surface area (Å²) in [5, 5.41) is 22.4. The Kier molecular flexibility index (Phi) is 9.43. The van der Waals surface area contributed by atoms with Gasteiger partial charge in [0, 0.05) is 25.2 Å². The number of hydrogen-bond acceptors (Lipinski definition) is 8. The molecule has 218 valence electrons. The Morgan fingerprint density at radius 3 is 0.886 bits per heavy atom. The first kappa shape index (κ1) is 29.3. The zero-order valence-corrected chi connectivity index (χ0v) is 24.0. The molecular formula is C34H28N6O4. The van der Waals surface area contributed by atoms with Crippen LogP contribution in [0.2, 0.25) is 0 Å². The molecule has 5 rings (SSSR count). The fraction of sp³-hybridized carbons (Fsp3) is 0.0588. The molecule has 5 aromatic rings. The Morgan fingerprint density at radius 1 is 0.409 bits per heavy atom. The number of rotatable bonds is 10. The van der Waals surface area contributed by atoms with Gasteiger partial charge in [-0.1, -0.05) is 0 Å². The van der Waals surface area contributed by atoms with E-state index in [0.29, 0.717) is 57.1 Å². The van der Waals surface area contributed by atoms with E-state index in [9.17, 15) is 9.59 Å². The normalized spacial score (nSPS) is 11.0. The van der Waals surface area contributed by atoms with E-state index in [1.54, 1.807) is 48.5 Å². The molecule has 0 fully saturated rings. The van der Waals surface area contributed by atoms with Gasteiger partial charge >= 0.3 is 0 Å². The number of carbonyl (C=O) groups excluding carboxylic acids is 2. The van der Waals surface area contributed by atoms with Crippen molar-refractivity contribution in [1.29, 1.82) is 0 Å². The first-order valence-corrected chi connectivity index (χ1v) is 13.6. The van der Waals surface area contributed by atoms with Crippen LogP contribution in [0.25, 0.3) is 0 Å². The summed E-state index contributed by atoms with van der Waals surface area (Å²) < 4.78 is 11.9. The lowest BCUT2D eigenvalue weighted by Gasteiger charge is -2.08. The van der Waals surface area contributed by atoms with Crippen LogP contribution in [-0.2, 0) is 9.59 Å². The van der Waals surface area contributed by atoms with Crippen LogP contribution < -0.4 is 20.1 Å². The fourth-order valence-electron chi connectivity index (χ4n) is 3.87. The summed E-state index contributed by atoms with van der Waals surface area (Å²) in [5.74, 6) is 2.38. The molecule has 0 aliphatic heterocycles. The van der Waals surface area contributed by atoms with E-state index in [1.165, 1.54) is 13.8 Å². The Morgan fingerprint density at radius 2 is 0.636 bits per heavy atom. The first-order valence-electron chi connectivity index (χ1n) is 13.6. The summed E-state index contributed by atoms with van der Waals surface area (Å²) in [5.41, 5.74) is 4.11. The van der Waals surface area contributed by atoms with E-state index in [4.69, 9.17) is 9.47 Å². The van der Waals surface area contributed by atoms with Crippen LogP contribution in [0.3, 0.4) is 0 Å². The Hall–Kier alpha value is -6.16. The highest BCUT2D eigenvalue weighted by atomic mass is 16.5. The van der Waals surface area contributed by atoms with E-state index in [2.05, 4.69) is 31.1 Å². The van der Waals surface area contributed by atoms with Crippen molar-refractivity contribution in [1.82, 2.24) is 0 Å². The molecule has 0 saturated carbocycles. The maximum Gasteiger partial charge on any atom is 0.221 e. The van der Waals surface area contributed by atoms with Gasteiger partial charge in [0.2, 0.25) is 11.8 Å². The summed E-state index contributed by atoms with van der Waals surface area (Å²) in [7, 11) is 0. The van der Waals surface area contributed by atoms with Crippen LogP contribution in [-0.4, -0.2) is 11.8 Å². The van der Waals surface area contributed by atoms with Crippen LogP contribution in [0.5, 0.6) is 23.0 Å². The van der Waals surface area contributed by atoms with Crippen molar-refractivity contribution >= 4 is 45.9 Å². The third kappa shape index (κ3) is 8.92. The van der Waals surface area contributed by atoms with Crippen LogP contribution >= 0.6 is 0 Å². The average Bonchev–Trinajstić information content (AvgIpc) is 3.02. The minimum Gasteiger partial charge on any atom is -0.457 e. The van der Waals surface area contributed by atoms with Crippen molar-refractivity contribution in [3.63, 3.8) is 0 Å². The maximum absolute atomic E-state index is 11.1. The Labute approximate surface area is 254 Å². The quantitative estimate of drug-likeness (QED) is 0.158. The predicted octanol–water partition coefficient (Wildman–Crippen LogP) is 10.0. The van der Waals surface area contributed by atoms with E-state index >= 15 is 0 Å². The highest BCUT2D eigenvalue weighted by Crippen LogP contribution is 2.30. The van der Waals surface area contributed by atoms with Crippen LogP contribution in [0.15, 0.2) is 142 Å². The molecule has 0 heterocycles. The summed E-state index contributed by atoms with van der Waals surface area (Å²) in [4.78, 5) is 22.3. The predicted molar refractivity (Wildman–Crippen MR) is 169 cm³/mol. The molecular weight excluding hydrogens is 556 g/mol. The average molecular weight is 585 g/mol. The SMILES string of the molecule is CC(=O)Nc1ccc(/N=N/c2ccc(Oc3ccc(Oc4ccc(/N=N/c5ccc(NC(C)=O)cc5)cc4)cc3)cc2)cc1. The molecule has 10 nitrogen and oxygen atoms in total. The van der Waals surface area contributed by atoms with Gasteiger partial charge in [-0.2, -0.15) is 20.5 Å². The van der Waals surface area contributed by atoms with Gasteiger partial charge in [-0.15, -0.1) is 0 Å². The number of anilines is 2. The molecule has 0 aliphatic rings. The third-order valence-electron chi connectivity index (χ3n) is 5.91. The highest BCUT2D eigenvalue weighted by molar-refractivity contribution is 5.89. The summed E-state index contributed by atoms with van der Waals surface area (Å²) in [6, 6.07) is 36.0. The first-order chi connectivity index (χ1) is 21.4. The molecule has 0 bridgehead atoms. The van der Waals surface area contributed by atoms with Gasteiger partial charge < -0.3 is 20.1 Å². The van der Waals surface area contributed by atoms with Crippen LogP contribution in [0.1, 0.15) is 13.8 Å². The number of ether oxygens (including phenoxy) is 2. The lowest BCUT2D eigenvalue weighted by molar-refractivity contribution is -0.115. The molecule has 0 atom stereocenters. The van der Waals surface area contributed by atoms with Gasteiger partial charge in [-0.25, -0.2) is 0 Å². The minimum absolute atomic E-state index is 0.126. The highest BCUT2D eigenvalue weighted by Gasteiger charge is 2.03. The monoisotopic (exact) mass is 584 g/mol. The van der Waals surface area contributed by atoms with Crippen molar-refractivity contribution in [2.24, 2.45) is 20.5 Å². The summed E-state index contributed by atoms with van der Waals surface area (Å²) in [6.07, 6.45) is 0. The number of hydrogen-bond donors (Lipinski definition) is 2. The number of nitrogens with zero attached hydrogens (tertiary/aromatic N) is 4. The maximum atomic E-state index is 11.1. The van der Waals surface area contributed by atoms with Crippen molar-refractivity contribution in [3.05, 3.63) is 121 Å². The second-order valence-corrected chi connectivity index (χ2v) is 9.52. The molecule has 0 unspecified atom stereocenters. The molecule has 2 N–H and O–H groups in total. The zero-order valence-electron chi connectivity index (χ0n) is 24.0. The molecule has 0 aliphatic carbocycles. The number of azo groups is 2. The standard InChI is InChI=1S/C34H28N6O4/c1-23(41)35-25-3-7-27(8-4-25)37-39-29-11-15-31(16-12-29)43-33-19-21-34(22-20-33)44-32-17-13-30(14-18-32)40-38-28-9-5-26(6-10-28)36-24(2)42/h3-22H,1-2H3,(H,35,41)(H,36,42)/b39-37+,40-38+. The molecule has 0 radical (unpaired) electrons. The van der Waals surface area contributed by atoms with Crippen molar-refractivity contribution < 1.29 is 19.1 Å². The van der Waals surface area contributed by atoms with E-state index in [1.807, 2.05) is 72.8 Å². The summed E-state index contributed by atoms with van der Waals surface area (Å²) in [6.45, 7) is 2.92. The Balaban J connectivity index is 1.10.